The number of hydrogen-bond donors (Lipinski definition) is 1. The Hall–Kier alpha value is -2.18. The number of hydrogen-bond acceptors (Lipinski definition) is 4. The second-order valence-corrected chi connectivity index (χ2v) is 11.7. The largest absolute Gasteiger partial charge is 0.332 e. The maximum Gasteiger partial charge on any atom is 0.255 e. The van der Waals surface area contributed by atoms with E-state index in [2.05, 4.69) is 15.3 Å². The van der Waals surface area contributed by atoms with E-state index in [1.807, 2.05) is 0 Å². The zero-order valence-electron chi connectivity index (χ0n) is 19.0. The highest BCUT2D eigenvalue weighted by Crippen LogP contribution is 2.61. The van der Waals surface area contributed by atoms with Crippen LogP contribution in [0.1, 0.15) is 66.6 Å². The molecular weight excluding hydrogens is 471 g/mol. The number of amides is 2. The molecule has 4 bridgehead atoms. The van der Waals surface area contributed by atoms with Crippen molar-refractivity contribution in [2.24, 2.45) is 23.2 Å². The average Bonchev–Trinajstić information content (AvgIpc) is 2.79. The first-order valence-corrected chi connectivity index (χ1v) is 13.0. The Balaban J connectivity index is 1.16. The van der Waals surface area contributed by atoms with Crippen LogP contribution in [0.4, 0.5) is 5.82 Å². The molecule has 2 heterocycles. The lowest BCUT2D eigenvalue weighted by atomic mass is 9.49. The number of benzene rings is 1. The molecule has 1 aromatic carbocycles. The van der Waals surface area contributed by atoms with Gasteiger partial charge in [0.25, 0.3) is 5.91 Å². The van der Waals surface area contributed by atoms with Crippen molar-refractivity contribution in [1.29, 1.82) is 0 Å². The Kier molecular flexibility index (Phi) is 5.57. The maximum atomic E-state index is 13.1. The van der Waals surface area contributed by atoms with Crippen LogP contribution in [-0.4, -0.2) is 33.2 Å². The van der Waals surface area contributed by atoms with Gasteiger partial charge in [0.15, 0.2) is 0 Å². The normalized spacial score (nSPS) is 29.1. The molecule has 1 aliphatic heterocycles. The molecule has 0 saturated heterocycles. The third-order valence-corrected chi connectivity index (χ3v) is 9.25. The van der Waals surface area contributed by atoms with E-state index in [-0.39, 0.29) is 22.3 Å². The monoisotopic (exact) mass is 498 g/mol. The first-order valence-electron chi connectivity index (χ1n) is 12.2. The van der Waals surface area contributed by atoms with E-state index in [1.165, 1.54) is 44.9 Å². The quantitative estimate of drug-likeness (QED) is 0.601. The van der Waals surface area contributed by atoms with Gasteiger partial charge in [-0.05, 0) is 80.2 Å². The topological polar surface area (TPSA) is 75.2 Å². The van der Waals surface area contributed by atoms with Gasteiger partial charge in [0.1, 0.15) is 12.1 Å². The average molecular weight is 499 g/mol. The van der Waals surface area contributed by atoms with Gasteiger partial charge in [-0.3, -0.25) is 9.59 Å². The van der Waals surface area contributed by atoms with Gasteiger partial charge in [-0.1, -0.05) is 29.3 Å². The van der Waals surface area contributed by atoms with Crippen molar-refractivity contribution >= 4 is 40.8 Å². The Morgan fingerprint density at radius 1 is 1.06 bits per heavy atom. The minimum atomic E-state index is -0.177. The van der Waals surface area contributed by atoms with E-state index in [0.717, 1.165) is 29.0 Å². The molecule has 0 radical (unpaired) electrons. The van der Waals surface area contributed by atoms with Gasteiger partial charge in [-0.25, -0.2) is 9.97 Å². The molecule has 0 unspecified atom stereocenters. The van der Waals surface area contributed by atoms with Crippen LogP contribution in [0.2, 0.25) is 10.0 Å². The molecule has 6 nitrogen and oxygen atoms in total. The van der Waals surface area contributed by atoms with Crippen LogP contribution < -0.4 is 5.32 Å². The fraction of sp³-hybridized carbons (Fsp3) is 0.538. The second-order valence-electron chi connectivity index (χ2n) is 10.9. The number of anilines is 1. The number of fused-ring (bicyclic) bond motifs is 1. The van der Waals surface area contributed by atoms with Gasteiger partial charge in [-0.2, -0.15) is 0 Å². The van der Waals surface area contributed by atoms with Gasteiger partial charge >= 0.3 is 0 Å². The highest BCUT2D eigenvalue weighted by molar-refractivity contribution is 6.43. The van der Waals surface area contributed by atoms with Gasteiger partial charge < -0.3 is 10.2 Å². The highest BCUT2D eigenvalue weighted by Gasteiger charge is 2.51. The lowest BCUT2D eigenvalue weighted by Gasteiger charge is -2.56. The van der Waals surface area contributed by atoms with Gasteiger partial charge in [-0.15, -0.1) is 0 Å². The molecule has 2 aromatic rings. The SMILES string of the molecule is O=C(CC12CC3CC(CC(C3)C1)C2)Nc1ncnc2c1CCN(C(=O)c1cccc(Cl)c1Cl)C2. The van der Waals surface area contributed by atoms with Crippen LogP contribution in [0.3, 0.4) is 0 Å². The lowest BCUT2D eigenvalue weighted by Crippen LogP contribution is -2.47. The number of aromatic nitrogens is 2. The molecule has 1 N–H and O–H groups in total. The van der Waals surface area contributed by atoms with Crippen LogP contribution in [-0.2, 0) is 17.8 Å². The van der Waals surface area contributed by atoms with Crippen molar-refractivity contribution in [2.75, 3.05) is 11.9 Å². The van der Waals surface area contributed by atoms with Crippen LogP contribution >= 0.6 is 23.2 Å². The van der Waals surface area contributed by atoms with Crippen LogP contribution in [0.5, 0.6) is 0 Å². The summed E-state index contributed by atoms with van der Waals surface area (Å²) in [6.45, 7) is 0.845. The fourth-order valence-corrected chi connectivity index (χ4v) is 7.88. The highest BCUT2D eigenvalue weighted by atomic mass is 35.5. The first-order chi connectivity index (χ1) is 16.4. The Bertz CT molecular complexity index is 1130. The van der Waals surface area contributed by atoms with E-state index in [4.69, 9.17) is 23.2 Å². The summed E-state index contributed by atoms with van der Waals surface area (Å²) in [4.78, 5) is 36.7. The zero-order chi connectivity index (χ0) is 23.4. The maximum absolute atomic E-state index is 13.1. The smallest absolute Gasteiger partial charge is 0.255 e. The van der Waals surface area contributed by atoms with Gasteiger partial charge in [0.05, 0.1) is 27.8 Å². The molecule has 0 atom stereocenters. The molecule has 1 aromatic heterocycles. The zero-order valence-corrected chi connectivity index (χ0v) is 20.5. The lowest BCUT2D eigenvalue weighted by molar-refractivity contribution is -0.124. The number of nitrogens with zero attached hydrogens (tertiary/aromatic N) is 3. The molecule has 7 rings (SSSR count). The molecule has 4 fully saturated rings. The molecule has 4 saturated carbocycles. The van der Waals surface area contributed by atoms with Crippen LogP contribution in [0, 0.1) is 23.2 Å². The van der Waals surface area contributed by atoms with Gasteiger partial charge in [0, 0.05) is 18.5 Å². The third-order valence-electron chi connectivity index (χ3n) is 8.43. The van der Waals surface area contributed by atoms with E-state index < -0.39 is 0 Å². The number of carbonyl (C=O) groups is 2. The Morgan fingerprint density at radius 3 is 2.47 bits per heavy atom. The van der Waals surface area contributed by atoms with E-state index in [1.54, 1.807) is 23.1 Å². The van der Waals surface area contributed by atoms with E-state index in [9.17, 15) is 9.59 Å². The first kappa shape index (κ1) is 22.3. The summed E-state index contributed by atoms with van der Waals surface area (Å²) in [6.07, 6.45) is 10.4. The van der Waals surface area contributed by atoms with Crippen molar-refractivity contribution < 1.29 is 9.59 Å². The number of nitrogens with one attached hydrogen (secondary N) is 1. The molecule has 8 heteroatoms. The predicted molar refractivity (Wildman–Crippen MR) is 131 cm³/mol. The molecule has 4 aliphatic carbocycles. The summed E-state index contributed by atoms with van der Waals surface area (Å²) >= 11 is 12.4. The Labute approximate surface area is 209 Å². The minimum Gasteiger partial charge on any atom is -0.332 e. The Morgan fingerprint density at radius 2 is 1.76 bits per heavy atom. The molecule has 0 spiro atoms. The molecular formula is C26H28Cl2N4O2. The predicted octanol–water partition coefficient (Wildman–Crippen LogP) is 5.53. The van der Waals surface area contributed by atoms with E-state index >= 15 is 0 Å². The summed E-state index contributed by atoms with van der Waals surface area (Å²) in [5.74, 6) is 2.94. The van der Waals surface area contributed by atoms with Gasteiger partial charge in [0.2, 0.25) is 5.91 Å². The van der Waals surface area contributed by atoms with Crippen molar-refractivity contribution in [3.05, 3.63) is 51.4 Å². The molecule has 2 amide bonds. The van der Waals surface area contributed by atoms with Crippen molar-refractivity contribution in [2.45, 2.75) is 57.9 Å². The van der Waals surface area contributed by atoms with Crippen molar-refractivity contribution in [3.63, 3.8) is 0 Å². The third kappa shape index (κ3) is 3.99. The number of carbonyl (C=O) groups excluding carboxylic acids is 2. The molecule has 34 heavy (non-hydrogen) atoms. The molecule has 5 aliphatic rings. The van der Waals surface area contributed by atoms with Crippen molar-refractivity contribution in [1.82, 2.24) is 14.9 Å². The van der Waals surface area contributed by atoms with Crippen molar-refractivity contribution in [3.8, 4) is 0 Å². The summed E-state index contributed by atoms with van der Waals surface area (Å²) < 4.78 is 0. The second kappa shape index (κ2) is 8.49. The van der Waals surface area contributed by atoms with Crippen LogP contribution in [0.15, 0.2) is 24.5 Å². The summed E-state index contributed by atoms with van der Waals surface area (Å²) in [6, 6.07) is 5.07. The number of rotatable bonds is 4. The van der Waals surface area contributed by atoms with E-state index in [0.29, 0.717) is 42.3 Å². The number of halogens is 2. The summed E-state index contributed by atoms with van der Waals surface area (Å²) in [7, 11) is 0. The molecule has 178 valence electrons. The summed E-state index contributed by atoms with van der Waals surface area (Å²) in [5, 5.41) is 3.73. The summed E-state index contributed by atoms with van der Waals surface area (Å²) in [5.41, 5.74) is 2.25. The fourth-order valence-electron chi connectivity index (χ4n) is 7.50. The minimum absolute atomic E-state index is 0.0621. The van der Waals surface area contributed by atoms with Crippen LogP contribution in [0.25, 0.3) is 0 Å². The standard InChI is InChI=1S/C26H28Cl2N4O2/c27-20-3-1-2-19(23(20)28)25(34)32-5-4-18-21(13-32)29-14-30-24(18)31-22(33)12-26-9-15-6-16(10-26)8-17(7-15)11-26/h1-3,14-17H,4-13H2,(H,29,30,31,33).